The van der Waals surface area contributed by atoms with Crippen LogP contribution in [-0.2, 0) is 6.54 Å². The number of hydrogen-bond donors (Lipinski definition) is 2. The second-order valence-corrected chi connectivity index (χ2v) is 7.51. The fourth-order valence-corrected chi connectivity index (χ4v) is 3.69. The third-order valence-electron chi connectivity index (χ3n) is 5.01. The van der Waals surface area contributed by atoms with Gasteiger partial charge in [-0.25, -0.2) is 0 Å². The maximum atomic E-state index is 13.2. The third-order valence-corrected chi connectivity index (χ3v) is 5.42. The van der Waals surface area contributed by atoms with Crippen molar-refractivity contribution >= 4 is 34.2 Å². The summed E-state index contributed by atoms with van der Waals surface area (Å²) in [5.74, 6) is 0.268. The van der Waals surface area contributed by atoms with Crippen LogP contribution in [0.5, 0.6) is 5.75 Å². The molecule has 0 saturated carbocycles. The second-order valence-electron chi connectivity index (χ2n) is 7.11. The van der Waals surface area contributed by atoms with Gasteiger partial charge < -0.3 is 14.8 Å². The Hall–Kier alpha value is -3.02. The minimum absolute atomic E-state index is 0.106. The van der Waals surface area contributed by atoms with E-state index in [2.05, 4.69) is 23.4 Å². The topological polar surface area (TPSA) is 65.7 Å². The van der Waals surface area contributed by atoms with Crippen LogP contribution in [0.1, 0.15) is 27.2 Å². The summed E-state index contributed by atoms with van der Waals surface area (Å²) in [4.78, 5) is 15.3. The van der Waals surface area contributed by atoms with Gasteiger partial charge >= 0.3 is 0 Å². The van der Waals surface area contributed by atoms with Gasteiger partial charge in [0.1, 0.15) is 17.1 Å². The maximum absolute atomic E-state index is 13.2. The van der Waals surface area contributed by atoms with Crippen LogP contribution < -0.4 is 5.32 Å². The SMILES string of the molecule is C=CCN(CC=C)Cc1c(O)ccc2oc(C)c(C(=O)Nc3cccc(Cl)c3C)c12. The molecule has 30 heavy (non-hydrogen) atoms. The van der Waals surface area contributed by atoms with Gasteiger partial charge in [0, 0.05) is 41.3 Å². The smallest absolute Gasteiger partial charge is 0.259 e. The molecule has 0 fully saturated rings. The molecule has 6 heteroatoms. The number of anilines is 1. The molecule has 3 rings (SSSR count). The average molecular weight is 425 g/mol. The standard InChI is InChI=1S/C24H25ClN2O3/c1-5-12-27(13-6-2)14-17-20(28)10-11-21-23(17)22(16(4)30-21)24(29)26-19-9-7-8-18(25)15(19)3/h5-11,28H,1-2,12-14H2,3-4H3,(H,26,29). The molecular weight excluding hydrogens is 400 g/mol. The van der Waals surface area contributed by atoms with Crippen molar-refractivity contribution < 1.29 is 14.3 Å². The zero-order valence-electron chi connectivity index (χ0n) is 17.2. The van der Waals surface area contributed by atoms with Crippen molar-refractivity contribution in [1.82, 2.24) is 4.90 Å². The van der Waals surface area contributed by atoms with Gasteiger partial charge in [-0.2, -0.15) is 0 Å². The molecule has 3 aromatic rings. The number of nitrogens with zero attached hydrogens (tertiary/aromatic N) is 1. The molecule has 2 N–H and O–H groups in total. The van der Waals surface area contributed by atoms with E-state index in [4.69, 9.17) is 16.0 Å². The molecular formula is C24H25ClN2O3. The summed E-state index contributed by atoms with van der Waals surface area (Å²) >= 11 is 6.19. The van der Waals surface area contributed by atoms with Crippen molar-refractivity contribution in [2.45, 2.75) is 20.4 Å². The van der Waals surface area contributed by atoms with Gasteiger partial charge in [0.05, 0.1) is 5.56 Å². The number of nitrogens with one attached hydrogen (secondary N) is 1. The summed E-state index contributed by atoms with van der Waals surface area (Å²) in [5, 5.41) is 14.7. The van der Waals surface area contributed by atoms with E-state index < -0.39 is 0 Å². The fraction of sp³-hybridized carbons (Fsp3) is 0.208. The van der Waals surface area contributed by atoms with Crippen LogP contribution in [0.3, 0.4) is 0 Å². The number of benzene rings is 2. The van der Waals surface area contributed by atoms with Gasteiger partial charge in [-0.3, -0.25) is 9.69 Å². The van der Waals surface area contributed by atoms with E-state index in [9.17, 15) is 9.90 Å². The number of halogens is 1. The Bertz CT molecular complexity index is 1110. The second kappa shape index (κ2) is 9.20. The first kappa shape index (κ1) is 21.7. The highest BCUT2D eigenvalue weighted by Crippen LogP contribution is 2.35. The molecule has 1 amide bonds. The van der Waals surface area contributed by atoms with Crippen molar-refractivity contribution in [2.75, 3.05) is 18.4 Å². The molecule has 0 aliphatic heterocycles. The zero-order chi connectivity index (χ0) is 21.8. The lowest BCUT2D eigenvalue weighted by atomic mass is 10.0. The Labute approximate surface area is 181 Å². The first-order chi connectivity index (χ1) is 14.4. The van der Waals surface area contributed by atoms with Crippen molar-refractivity contribution in [2.24, 2.45) is 0 Å². The van der Waals surface area contributed by atoms with E-state index in [-0.39, 0.29) is 11.7 Å². The Morgan fingerprint density at radius 2 is 1.90 bits per heavy atom. The minimum Gasteiger partial charge on any atom is -0.508 e. The van der Waals surface area contributed by atoms with E-state index in [0.717, 1.165) is 5.56 Å². The summed E-state index contributed by atoms with van der Waals surface area (Å²) in [7, 11) is 0. The third kappa shape index (κ3) is 4.27. The number of aromatic hydroxyl groups is 1. The van der Waals surface area contributed by atoms with Crippen LogP contribution in [0.15, 0.2) is 60.1 Å². The molecule has 156 valence electrons. The first-order valence-corrected chi connectivity index (χ1v) is 9.99. The Morgan fingerprint density at radius 1 is 1.20 bits per heavy atom. The molecule has 0 radical (unpaired) electrons. The number of rotatable bonds is 8. The summed E-state index contributed by atoms with van der Waals surface area (Å²) < 4.78 is 5.85. The number of aryl methyl sites for hydroxylation is 1. The van der Waals surface area contributed by atoms with Crippen molar-refractivity contribution in [1.29, 1.82) is 0 Å². The number of phenolic OH excluding ortho intramolecular Hbond substituents is 1. The Balaban J connectivity index is 2.08. The summed E-state index contributed by atoms with van der Waals surface area (Å²) in [6.07, 6.45) is 3.58. The van der Waals surface area contributed by atoms with Crippen LogP contribution in [0.25, 0.3) is 11.0 Å². The minimum atomic E-state index is -0.317. The molecule has 0 unspecified atom stereocenters. The summed E-state index contributed by atoms with van der Waals surface area (Å²) in [6.45, 7) is 12.8. The summed E-state index contributed by atoms with van der Waals surface area (Å²) in [5.41, 5.74) is 2.98. The van der Waals surface area contributed by atoms with Gasteiger partial charge in [0.2, 0.25) is 0 Å². The number of carbonyl (C=O) groups excluding carboxylic acids is 1. The lowest BCUT2D eigenvalue weighted by Crippen LogP contribution is -2.23. The van der Waals surface area contributed by atoms with E-state index in [1.165, 1.54) is 0 Å². The van der Waals surface area contributed by atoms with Gasteiger partial charge in [0.15, 0.2) is 0 Å². The average Bonchev–Trinajstić information content (AvgIpc) is 3.04. The Kier molecular flexibility index (Phi) is 6.65. The van der Waals surface area contributed by atoms with E-state index >= 15 is 0 Å². The number of phenols is 1. The van der Waals surface area contributed by atoms with E-state index in [0.29, 0.717) is 58.2 Å². The normalized spacial score (nSPS) is 11.1. The van der Waals surface area contributed by atoms with Crippen LogP contribution in [0, 0.1) is 13.8 Å². The van der Waals surface area contributed by atoms with E-state index in [1.807, 2.05) is 6.92 Å². The molecule has 2 aromatic carbocycles. The van der Waals surface area contributed by atoms with Crippen LogP contribution in [-0.4, -0.2) is 29.0 Å². The predicted octanol–water partition coefficient (Wildman–Crippen LogP) is 5.83. The first-order valence-electron chi connectivity index (χ1n) is 9.61. The van der Waals surface area contributed by atoms with Crippen LogP contribution in [0.2, 0.25) is 5.02 Å². The summed E-state index contributed by atoms with van der Waals surface area (Å²) in [6, 6.07) is 8.61. The van der Waals surface area contributed by atoms with Gasteiger partial charge in [-0.15, -0.1) is 13.2 Å². The van der Waals surface area contributed by atoms with E-state index in [1.54, 1.807) is 49.4 Å². The Morgan fingerprint density at radius 3 is 2.57 bits per heavy atom. The number of fused-ring (bicyclic) bond motifs is 1. The molecule has 0 spiro atoms. The molecule has 0 bridgehead atoms. The molecule has 1 heterocycles. The van der Waals surface area contributed by atoms with Crippen LogP contribution in [0.4, 0.5) is 5.69 Å². The monoisotopic (exact) mass is 424 g/mol. The molecule has 0 saturated heterocycles. The highest BCUT2D eigenvalue weighted by atomic mass is 35.5. The van der Waals surface area contributed by atoms with Gasteiger partial charge in [-0.05, 0) is 43.7 Å². The van der Waals surface area contributed by atoms with Crippen molar-refractivity contribution in [3.05, 3.63) is 83.1 Å². The molecule has 5 nitrogen and oxygen atoms in total. The largest absolute Gasteiger partial charge is 0.508 e. The number of amides is 1. The highest BCUT2D eigenvalue weighted by Gasteiger charge is 2.24. The number of hydrogen-bond acceptors (Lipinski definition) is 4. The van der Waals surface area contributed by atoms with Crippen molar-refractivity contribution in [3.63, 3.8) is 0 Å². The lowest BCUT2D eigenvalue weighted by molar-refractivity contribution is 0.102. The number of carbonyl (C=O) groups is 1. The fourth-order valence-electron chi connectivity index (χ4n) is 3.52. The van der Waals surface area contributed by atoms with Crippen LogP contribution >= 0.6 is 11.6 Å². The van der Waals surface area contributed by atoms with Gasteiger partial charge in [-0.1, -0.05) is 29.8 Å². The molecule has 1 aromatic heterocycles. The lowest BCUT2D eigenvalue weighted by Gasteiger charge is -2.20. The maximum Gasteiger partial charge on any atom is 0.259 e. The predicted molar refractivity (Wildman–Crippen MR) is 122 cm³/mol. The zero-order valence-corrected chi connectivity index (χ0v) is 17.9. The van der Waals surface area contributed by atoms with Crippen molar-refractivity contribution in [3.8, 4) is 5.75 Å². The molecule has 0 aliphatic rings. The quantitative estimate of drug-likeness (QED) is 0.446. The number of furan rings is 1. The molecule has 0 atom stereocenters. The van der Waals surface area contributed by atoms with Gasteiger partial charge in [0.25, 0.3) is 5.91 Å². The highest BCUT2D eigenvalue weighted by molar-refractivity contribution is 6.31. The molecule has 0 aliphatic carbocycles.